The van der Waals surface area contributed by atoms with E-state index >= 15 is 0 Å². The molecule has 2 rings (SSSR count). The van der Waals surface area contributed by atoms with Crippen LogP contribution < -0.4 is 16.2 Å². The van der Waals surface area contributed by atoms with E-state index in [-0.39, 0.29) is 0 Å². The van der Waals surface area contributed by atoms with Crippen LogP contribution in [-0.2, 0) is 0 Å². The highest BCUT2D eigenvalue weighted by Crippen LogP contribution is 2.21. The Morgan fingerprint density at radius 1 is 1.50 bits per heavy atom. The molecule has 1 saturated heterocycles. The van der Waals surface area contributed by atoms with Crippen molar-refractivity contribution in [2.75, 3.05) is 37.0 Å². The number of anilines is 2. The Kier molecular flexibility index (Phi) is 3.26. The van der Waals surface area contributed by atoms with Gasteiger partial charge in [-0.3, -0.25) is 0 Å². The van der Waals surface area contributed by atoms with Crippen LogP contribution in [0.1, 0.15) is 6.92 Å². The van der Waals surface area contributed by atoms with Gasteiger partial charge in [-0.05, 0) is 20.0 Å². The molecule has 5 heteroatoms. The normalized spacial score (nSPS) is 22.2. The van der Waals surface area contributed by atoms with Crippen molar-refractivity contribution >= 4 is 11.5 Å². The molecular formula is C11H19N5. The van der Waals surface area contributed by atoms with Crippen molar-refractivity contribution in [3.8, 4) is 0 Å². The Labute approximate surface area is 96.2 Å². The highest BCUT2D eigenvalue weighted by atomic mass is 15.3. The fourth-order valence-electron chi connectivity index (χ4n) is 2.20. The fourth-order valence-corrected chi connectivity index (χ4v) is 2.20. The first-order valence-electron chi connectivity index (χ1n) is 5.58. The average Bonchev–Trinajstić information content (AvgIpc) is 2.29. The van der Waals surface area contributed by atoms with E-state index in [2.05, 4.69) is 34.2 Å². The van der Waals surface area contributed by atoms with Crippen molar-refractivity contribution in [2.24, 2.45) is 5.84 Å². The van der Waals surface area contributed by atoms with Gasteiger partial charge < -0.3 is 15.2 Å². The van der Waals surface area contributed by atoms with Crippen LogP contribution in [0.5, 0.6) is 0 Å². The summed E-state index contributed by atoms with van der Waals surface area (Å²) in [6.07, 6.45) is 1.79. The Morgan fingerprint density at radius 2 is 2.31 bits per heavy atom. The van der Waals surface area contributed by atoms with Gasteiger partial charge in [0.1, 0.15) is 5.82 Å². The predicted octanol–water partition coefficient (Wildman–Crippen LogP) is 0.508. The minimum atomic E-state index is 0.520. The molecule has 1 fully saturated rings. The molecule has 1 aromatic heterocycles. The summed E-state index contributed by atoms with van der Waals surface area (Å²) in [6.45, 7) is 5.48. The molecule has 88 valence electrons. The smallest absolute Gasteiger partial charge is 0.141 e. The summed E-state index contributed by atoms with van der Waals surface area (Å²) >= 11 is 0. The maximum absolute atomic E-state index is 5.37. The maximum Gasteiger partial charge on any atom is 0.141 e. The van der Waals surface area contributed by atoms with Gasteiger partial charge in [0.15, 0.2) is 0 Å². The summed E-state index contributed by atoms with van der Waals surface area (Å²) in [4.78, 5) is 8.86. The topological polar surface area (TPSA) is 57.4 Å². The van der Waals surface area contributed by atoms with E-state index in [4.69, 9.17) is 5.84 Å². The quantitative estimate of drug-likeness (QED) is 0.563. The number of hydrazine groups is 1. The molecular weight excluding hydrogens is 202 g/mol. The van der Waals surface area contributed by atoms with E-state index in [1.165, 1.54) is 5.69 Å². The number of piperazine rings is 1. The number of hydrogen-bond donors (Lipinski definition) is 2. The van der Waals surface area contributed by atoms with E-state index in [0.29, 0.717) is 11.9 Å². The number of likely N-dealkylation sites (N-methyl/N-ethyl adjacent to an activating group) is 1. The first-order valence-corrected chi connectivity index (χ1v) is 5.58. The minimum Gasteiger partial charge on any atom is -0.366 e. The number of pyridine rings is 1. The Balaban J connectivity index is 2.16. The molecule has 5 nitrogen and oxygen atoms in total. The van der Waals surface area contributed by atoms with E-state index in [0.717, 1.165) is 19.6 Å². The third-order valence-electron chi connectivity index (χ3n) is 3.05. The number of aromatic nitrogens is 1. The molecule has 1 unspecified atom stereocenters. The first kappa shape index (κ1) is 11.2. The van der Waals surface area contributed by atoms with Crippen LogP contribution in [0.2, 0.25) is 0 Å². The van der Waals surface area contributed by atoms with E-state index in [1.807, 2.05) is 12.1 Å². The number of rotatable bonds is 2. The fraction of sp³-hybridized carbons (Fsp3) is 0.545. The average molecular weight is 221 g/mol. The summed E-state index contributed by atoms with van der Waals surface area (Å²) < 4.78 is 0. The van der Waals surface area contributed by atoms with Crippen molar-refractivity contribution in [3.63, 3.8) is 0 Å². The molecule has 0 radical (unpaired) electrons. The molecule has 2 heterocycles. The predicted molar refractivity (Wildman–Crippen MR) is 66.4 cm³/mol. The van der Waals surface area contributed by atoms with Crippen LogP contribution in [0.4, 0.5) is 11.5 Å². The van der Waals surface area contributed by atoms with Gasteiger partial charge in [0, 0.05) is 43.6 Å². The number of nitrogens with one attached hydrogen (secondary N) is 1. The van der Waals surface area contributed by atoms with Crippen LogP contribution in [0.15, 0.2) is 18.3 Å². The zero-order valence-electron chi connectivity index (χ0n) is 9.85. The Hall–Kier alpha value is -1.33. The molecule has 16 heavy (non-hydrogen) atoms. The van der Waals surface area contributed by atoms with Gasteiger partial charge in [-0.25, -0.2) is 10.8 Å². The van der Waals surface area contributed by atoms with Crippen molar-refractivity contribution in [1.29, 1.82) is 0 Å². The second-order valence-electron chi connectivity index (χ2n) is 4.35. The van der Waals surface area contributed by atoms with Crippen molar-refractivity contribution in [2.45, 2.75) is 13.0 Å². The lowest BCUT2D eigenvalue weighted by atomic mass is 10.2. The minimum absolute atomic E-state index is 0.520. The van der Waals surface area contributed by atoms with Crippen molar-refractivity contribution < 1.29 is 0 Å². The van der Waals surface area contributed by atoms with Crippen LogP contribution >= 0.6 is 0 Å². The second kappa shape index (κ2) is 4.67. The molecule has 0 saturated carbocycles. The van der Waals surface area contributed by atoms with Crippen LogP contribution in [0.25, 0.3) is 0 Å². The molecule has 1 aliphatic rings. The molecule has 0 amide bonds. The maximum atomic E-state index is 5.37. The van der Waals surface area contributed by atoms with Crippen LogP contribution in [-0.4, -0.2) is 42.6 Å². The Bertz CT molecular complexity index is 354. The number of nitrogens with zero attached hydrogens (tertiary/aromatic N) is 3. The van der Waals surface area contributed by atoms with E-state index < -0.39 is 0 Å². The van der Waals surface area contributed by atoms with Crippen LogP contribution in [0, 0.1) is 0 Å². The van der Waals surface area contributed by atoms with E-state index in [1.54, 1.807) is 6.20 Å². The molecule has 1 aliphatic heterocycles. The monoisotopic (exact) mass is 221 g/mol. The van der Waals surface area contributed by atoms with Crippen molar-refractivity contribution in [3.05, 3.63) is 18.3 Å². The zero-order chi connectivity index (χ0) is 11.5. The van der Waals surface area contributed by atoms with E-state index in [9.17, 15) is 0 Å². The summed E-state index contributed by atoms with van der Waals surface area (Å²) in [5, 5.41) is 0. The molecule has 0 aromatic carbocycles. The lowest BCUT2D eigenvalue weighted by Crippen LogP contribution is -2.50. The molecule has 0 spiro atoms. The molecule has 3 N–H and O–H groups in total. The van der Waals surface area contributed by atoms with Gasteiger partial charge in [-0.2, -0.15) is 0 Å². The van der Waals surface area contributed by atoms with Gasteiger partial charge in [0.25, 0.3) is 0 Å². The van der Waals surface area contributed by atoms with Gasteiger partial charge >= 0.3 is 0 Å². The highest BCUT2D eigenvalue weighted by molar-refractivity contribution is 5.54. The largest absolute Gasteiger partial charge is 0.366 e. The lowest BCUT2D eigenvalue weighted by Gasteiger charge is -2.39. The Morgan fingerprint density at radius 3 is 3.00 bits per heavy atom. The summed E-state index contributed by atoms with van der Waals surface area (Å²) in [5.74, 6) is 6.08. The third kappa shape index (κ3) is 2.25. The number of hydrogen-bond acceptors (Lipinski definition) is 5. The highest BCUT2D eigenvalue weighted by Gasteiger charge is 2.21. The van der Waals surface area contributed by atoms with Gasteiger partial charge in [-0.15, -0.1) is 0 Å². The summed E-state index contributed by atoms with van der Waals surface area (Å²) in [5.41, 5.74) is 3.77. The molecule has 1 aromatic rings. The first-order chi connectivity index (χ1) is 7.70. The SMILES string of the molecule is CC1CN(C)CCN1c1ccnc(NN)c1. The second-order valence-corrected chi connectivity index (χ2v) is 4.35. The summed E-state index contributed by atoms with van der Waals surface area (Å²) in [6, 6.07) is 4.54. The lowest BCUT2D eigenvalue weighted by molar-refractivity contribution is 0.275. The third-order valence-corrected chi connectivity index (χ3v) is 3.05. The van der Waals surface area contributed by atoms with Gasteiger partial charge in [0.05, 0.1) is 0 Å². The van der Waals surface area contributed by atoms with Crippen molar-refractivity contribution in [1.82, 2.24) is 9.88 Å². The summed E-state index contributed by atoms with van der Waals surface area (Å²) in [7, 11) is 2.16. The standard InChI is InChI=1S/C11H19N5/c1-9-8-15(2)5-6-16(9)10-3-4-13-11(7-10)14-12/h3-4,7,9H,5-6,8,12H2,1-2H3,(H,13,14). The number of nitrogens with two attached hydrogens (primary N) is 1. The molecule has 1 atom stereocenters. The van der Waals surface area contributed by atoms with Gasteiger partial charge in [-0.1, -0.05) is 0 Å². The van der Waals surface area contributed by atoms with Crippen LogP contribution in [0.3, 0.4) is 0 Å². The molecule has 0 bridgehead atoms. The van der Waals surface area contributed by atoms with Gasteiger partial charge in [0.2, 0.25) is 0 Å². The zero-order valence-corrected chi connectivity index (χ0v) is 9.85. The number of nitrogen functional groups attached to an aromatic ring is 1. The molecule has 0 aliphatic carbocycles.